The van der Waals surface area contributed by atoms with Gasteiger partial charge in [-0.1, -0.05) is 11.8 Å². The van der Waals surface area contributed by atoms with Crippen molar-refractivity contribution in [1.82, 2.24) is 15.0 Å². The normalized spacial score (nSPS) is 21.5. The van der Waals surface area contributed by atoms with Gasteiger partial charge in [0.15, 0.2) is 11.0 Å². The van der Waals surface area contributed by atoms with Gasteiger partial charge < -0.3 is 15.2 Å². The number of ether oxygens (including phenoxy) is 2. The van der Waals surface area contributed by atoms with E-state index in [1.807, 2.05) is 6.26 Å². The maximum atomic E-state index is 5.57. The van der Waals surface area contributed by atoms with Gasteiger partial charge in [0.1, 0.15) is 6.10 Å². The maximum Gasteiger partial charge on any atom is 0.224 e. The van der Waals surface area contributed by atoms with Crippen LogP contribution in [0, 0.1) is 0 Å². The number of hydrogen-bond acceptors (Lipinski definition) is 7. The van der Waals surface area contributed by atoms with Gasteiger partial charge in [-0.05, 0) is 6.26 Å². The topological polar surface area (TPSA) is 83.2 Å². The predicted molar refractivity (Wildman–Crippen MR) is 55.5 cm³/mol. The van der Waals surface area contributed by atoms with E-state index in [2.05, 4.69) is 15.0 Å². The first-order chi connectivity index (χ1) is 7.29. The first kappa shape index (κ1) is 10.6. The van der Waals surface area contributed by atoms with E-state index < -0.39 is 0 Å². The highest BCUT2D eigenvalue weighted by atomic mass is 32.2. The Morgan fingerprint density at radius 3 is 2.87 bits per heavy atom. The molecule has 0 spiro atoms. The molecular weight excluding hydrogens is 216 g/mol. The summed E-state index contributed by atoms with van der Waals surface area (Å²) in [5, 5.41) is 0.603. The third-order valence-electron chi connectivity index (χ3n) is 1.94. The van der Waals surface area contributed by atoms with E-state index in [9.17, 15) is 0 Å². The summed E-state index contributed by atoms with van der Waals surface area (Å²) in [6, 6.07) is 0. The van der Waals surface area contributed by atoms with Crippen LogP contribution in [0.5, 0.6) is 0 Å². The summed E-state index contributed by atoms with van der Waals surface area (Å²) in [7, 11) is 0. The van der Waals surface area contributed by atoms with Crippen LogP contribution in [0.4, 0.5) is 5.95 Å². The molecule has 2 heterocycles. The Morgan fingerprint density at radius 1 is 1.33 bits per heavy atom. The van der Waals surface area contributed by atoms with Crippen LogP contribution in [0.1, 0.15) is 11.9 Å². The van der Waals surface area contributed by atoms with Gasteiger partial charge in [-0.25, -0.2) is 4.98 Å². The monoisotopic (exact) mass is 228 g/mol. The fourth-order valence-corrected chi connectivity index (χ4v) is 1.63. The second-order valence-corrected chi connectivity index (χ2v) is 3.75. The van der Waals surface area contributed by atoms with Crippen molar-refractivity contribution >= 4 is 17.7 Å². The lowest BCUT2D eigenvalue weighted by molar-refractivity contribution is -0.0937. The summed E-state index contributed by atoms with van der Waals surface area (Å²) in [4.78, 5) is 12.2. The second kappa shape index (κ2) is 4.73. The van der Waals surface area contributed by atoms with Gasteiger partial charge in [-0.15, -0.1) is 0 Å². The summed E-state index contributed by atoms with van der Waals surface area (Å²) in [6.45, 7) is 1.65. The molecule has 82 valence electrons. The average molecular weight is 228 g/mol. The highest BCUT2D eigenvalue weighted by Gasteiger charge is 2.20. The molecule has 1 fully saturated rings. The van der Waals surface area contributed by atoms with Crippen molar-refractivity contribution in [3.63, 3.8) is 0 Å². The molecule has 0 aliphatic carbocycles. The van der Waals surface area contributed by atoms with E-state index in [-0.39, 0.29) is 12.1 Å². The fraction of sp³-hybridized carbons (Fsp3) is 0.625. The molecule has 0 saturated carbocycles. The van der Waals surface area contributed by atoms with Crippen molar-refractivity contribution < 1.29 is 9.47 Å². The molecule has 0 aromatic carbocycles. The lowest BCUT2D eigenvalue weighted by Crippen LogP contribution is -2.24. The summed E-state index contributed by atoms with van der Waals surface area (Å²) >= 11 is 1.42. The van der Waals surface area contributed by atoms with Crippen LogP contribution in [-0.2, 0) is 9.47 Å². The largest absolute Gasteiger partial charge is 0.376 e. The van der Waals surface area contributed by atoms with E-state index in [4.69, 9.17) is 15.2 Å². The molecule has 6 nitrogen and oxygen atoms in total. The lowest BCUT2D eigenvalue weighted by Gasteiger charge is -2.21. The smallest absolute Gasteiger partial charge is 0.224 e. The number of nitrogen functional groups attached to an aromatic ring is 1. The molecule has 7 heteroatoms. The second-order valence-electron chi connectivity index (χ2n) is 2.97. The van der Waals surface area contributed by atoms with E-state index in [1.54, 1.807) is 0 Å². The van der Waals surface area contributed by atoms with Crippen molar-refractivity contribution in [3.05, 3.63) is 5.82 Å². The molecule has 0 bridgehead atoms. The minimum absolute atomic E-state index is 0.221. The molecule has 1 unspecified atom stereocenters. The molecule has 1 aliphatic heterocycles. The van der Waals surface area contributed by atoms with Gasteiger partial charge in [0.25, 0.3) is 0 Å². The quantitative estimate of drug-likeness (QED) is 0.727. The Hall–Kier alpha value is -0.920. The summed E-state index contributed by atoms with van der Waals surface area (Å²) < 4.78 is 10.8. The zero-order valence-electron chi connectivity index (χ0n) is 8.34. The molecular formula is C8H12N4O2S. The van der Waals surface area contributed by atoms with Crippen LogP contribution in [0.2, 0.25) is 0 Å². The van der Waals surface area contributed by atoms with Crippen LogP contribution in [0.25, 0.3) is 0 Å². The van der Waals surface area contributed by atoms with Gasteiger partial charge in [0, 0.05) is 0 Å². The Bertz CT molecular complexity index is 343. The van der Waals surface area contributed by atoms with Crippen LogP contribution in [-0.4, -0.2) is 41.0 Å². The number of hydrogen-bond donors (Lipinski definition) is 1. The molecule has 15 heavy (non-hydrogen) atoms. The van der Waals surface area contributed by atoms with Crippen molar-refractivity contribution in [2.24, 2.45) is 0 Å². The van der Waals surface area contributed by atoms with Gasteiger partial charge in [-0.2, -0.15) is 9.97 Å². The average Bonchev–Trinajstić information content (AvgIpc) is 2.29. The Kier molecular flexibility index (Phi) is 3.34. The number of anilines is 1. The van der Waals surface area contributed by atoms with Crippen molar-refractivity contribution in [2.75, 3.05) is 31.8 Å². The summed E-state index contributed by atoms with van der Waals surface area (Å²) in [5.74, 6) is 0.769. The van der Waals surface area contributed by atoms with Crippen molar-refractivity contribution in [3.8, 4) is 0 Å². The molecule has 2 rings (SSSR count). The van der Waals surface area contributed by atoms with Crippen LogP contribution >= 0.6 is 11.8 Å². The van der Waals surface area contributed by atoms with Crippen LogP contribution in [0.3, 0.4) is 0 Å². The predicted octanol–water partition coefficient (Wildman–Crippen LogP) is 0.264. The first-order valence-electron chi connectivity index (χ1n) is 4.54. The highest BCUT2D eigenvalue weighted by Crippen LogP contribution is 2.19. The number of thioether (sulfide) groups is 1. The summed E-state index contributed by atoms with van der Waals surface area (Å²) in [5.41, 5.74) is 5.57. The van der Waals surface area contributed by atoms with Crippen LogP contribution in [0.15, 0.2) is 5.16 Å². The minimum Gasteiger partial charge on any atom is -0.376 e. The van der Waals surface area contributed by atoms with Crippen molar-refractivity contribution in [2.45, 2.75) is 11.3 Å². The van der Waals surface area contributed by atoms with E-state index in [0.29, 0.717) is 30.8 Å². The lowest BCUT2D eigenvalue weighted by atomic mass is 10.3. The first-order valence-corrected chi connectivity index (χ1v) is 5.77. The highest BCUT2D eigenvalue weighted by molar-refractivity contribution is 7.98. The number of nitrogens with zero attached hydrogens (tertiary/aromatic N) is 3. The van der Waals surface area contributed by atoms with Gasteiger partial charge >= 0.3 is 0 Å². The third kappa shape index (κ3) is 2.55. The van der Waals surface area contributed by atoms with Gasteiger partial charge in [0.2, 0.25) is 5.95 Å². The zero-order valence-corrected chi connectivity index (χ0v) is 9.16. The number of nitrogens with two attached hydrogens (primary N) is 1. The molecule has 1 aliphatic rings. The number of rotatable bonds is 2. The van der Waals surface area contributed by atoms with E-state index in [1.165, 1.54) is 11.8 Å². The fourth-order valence-electron chi connectivity index (χ4n) is 1.26. The van der Waals surface area contributed by atoms with Crippen molar-refractivity contribution in [1.29, 1.82) is 0 Å². The maximum absolute atomic E-state index is 5.57. The standard InChI is InChI=1S/C8H12N4O2S/c1-15-8-11-6(10-7(9)12-8)5-4-13-2-3-14-5/h5H,2-4H2,1H3,(H2,9,10,11,12). The Balaban J connectivity index is 2.22. The molecule has 0 amide bonds. The summed E-state index contributed by atoms with van der Waals surface area (Å²) in [6.07, 6.45) is 1.66. The number of aromatic nitrogens is 3. The van der Waals surface area contributed by atoms with E-state index in [0.717, 1.165) is 0 Å². The Labute approximate surface area is 91.6 Å². The SMILES string of the molecule is CSc1nc(N)nc(C2COCCO2)n1. The zero-order chi connectivity index (χ0) is 10.7. The molecule has 1 aromatic rings. The Morgan fingerprint density at radius 2 is 2.20 bits per heavy atom. The van der Waals surface area contributed by atoms with Gasteiger partial charge in [0.05, 0.1) is 19.8 Å². The molecule has 1 saturated heterocycles. The molecule has 1 aromatic heterocycles. The molecule has 2 N–H and O–H groups in total. The van der Waals surface area contributed by atoms with Gasteiger partial charge in [-0.3, -0.25) is 0 Å². The molecule has 0 radical (unpaired) electrons. The van der Waals surface area contributed by atoms with E-state index >= 15 is 0 Å². The molecule has 1 atom stereocenters. The third-order valence-corrected chi connectivity index (χ3v) is 2.48. The van der Waals surface area contributed by atoms with Crippen LogP contribution < -0.4 is 5.73 Å². The minimum atomic E-state index is -0.227.